The Labute approximate surface area is 210 Å². The van der Waals surface area contributed by atoms with Crippen LogP contribution in [0.2, 0.25) is 0 Å². The van der Waals surface area contributed by atoms with Crippen molar-refractivity contribution in [2.45, 2.75) is 24.9 Å². The fourth-order valence-electron chi connectivity index (χ4n) is 5.12. The van der Waals surface area contributed by atoms with Gasteiger partial charge in [-0.2, -0.15) is 0 Å². The van der Waals surface area contributed by atoms with Crippen LogP contribution < -0.4 is 5.32 Å². The second kappa shape index (κ2) is 11.0. The van der Waals surface area contributed by atoms with Gasteiger partial charge < -0.3 is 24.5 Å². The summed E-state index contributed by atoms with van der Waals surface area (Å²) in [6, 6.07) is 18.9. The Morgan fingerprint density at radius 2 is 1.64 bits per heavy atom. The van der Waals surface area contributed by atoms with Crippen molar-refractivity contribution >= 4 is 12.1 Å². The topological polar surface area (TPSA) is 93.0 Å². The van der Waals surface area contributed by atoms with Crippen molar-refractivity contribution in [1.29, 1.82) is 0 Å². The molecule has 1 saturated heterocycles. The lowest BCUT2D eigenvalue weighted by Crippen LogP contribution is -2.43. The summed E-state index contributed by atoms with van der Waals surface area (Å²) in [6.45, 7) is 5.03. The van der Waals surface area contributed by atoms with Gasteiger partial charge in [-0.05, 0) is 34.4 Å². The van der Waals surface area contributed by atoms with Crippen LogP contribution in [0, 0.1) is 0 Å². The zero-order chi connectivity index (χ0) is 24.9. The number of hydrogen-bond donors (Lipinski definition) is 2. The van der Waals surface area contributed by atoms with Gasteiger partial charge in [0.1, 0.15) is 12.6 Å². The highest BCUT2D eigenvalue weighted by atomic mass is 16.5. The van der Waals surface area contributed by atoms with Crippen LogP contribution in [0.1, 0.15) is 22.7 Å². The number of carbonyl (C=O) groups is 2. The van der Waals surface area contributed by atoms with Gasteiger partial charge in [0.15, 0.2) is 0 Å². The fourth-order valence-corrected chi connectivity index (χ4v) is 5.12. The zero-order valence-electron chi connectivity index (χ0n) is 20.1. The lowest BCUT2D eigenvalue weighted by atomic mass is 9.98. The maximum atomic E-state index is 12.7. The Bertz CT molecular complexity index is 1170. The molecule has 2 heterocycles. The molecule has 1 aromatic heterocycles. The van der Waals surface area contributed by atoms with Crippen LogP contribution in [0.25, 0.3) is 11.1 Å². The number of carbonyl (C=O) groups excluding carboxylic acids is 1. The van der Waals surface area contributed by atoms with Gasteiger partial charge in [0.05, 0.1) is 13.2 Å². The van der Waals surface area contributed by atoms with Crippen molar-refractivity contribution in [3.05, 3.63) is 83.7 Å². The molecule has 3 aromatic rings. The van der Waals surface area contributed by atoms with E-state index in [2.05, 4.69) is 22.3 Å². The number of amides is 1. The number of alkyl carbamates (subject to hydrolysis) is 1. The van der Waals surface area contributed by atoms with Crippen LogP contribution in [0.3, 0.4) is 0 Å². The van der Waals surface area contributed by atoms with Crippen LogP contribution in [-0.4, -0.2) is 72.1 Å². The number of morpholine rings is 1. The van der Waals surface area contributed by atoms with E-state index in [9.17, 15) is 14.7 Å². The minimum Gasteiger partial charge on any atom is -0.480 e. The molecule has 188 valence electrons. The predicted molar refractivity (Wildman–Crippen MR) is 135 cm³/mol. The van der Waals surface area contributed by atoms with E-state index < -0.39 is 18.1 Å². The Hall–Kier alpha value is -3.62. The average Bonchev–Trinajstić information content (AvgIpc) is 3.48. The molecule has 0 saturated carbocycles. The molecule has 1 aliphatic carbocycles. The molecule has 8 heteroatoms. The monoisotopic (exact) mass is 489 g/mol. The number of ether oxygens (including phenoxy) is 2. The van der Waals surface area contributed by atoms with E-state index in [1.165, 1.54) is 0 Å². The molecule has 0 bridgehead atoms. The summed E-state index contributed by atoms with van der Waals surface area (Å²) in [7, 11) is 0. The third-order valence-corrected chi connectivity index (χ3v) is 7.03. The number of nitrogens with one attached hydrogen (secondary N) is 1. The second-order valence-corrected chi connectivity index (χ2v) is 9.21. The van der Waals surface area contributed by atoms with Gasteiger partial charge in [-0.3, -0.25) is 4.90 Å². The van der Waals surface area contributed by atoms with Crippen molar-refractivity contribution in [1.82, 2.24) is 14.8 Å². The molecule has 2 N–H and O–H groups in total. The van der Waals surface area contributed by atoms with Crippen LogP contribution in [0.4, 0.5) is 4.79 Å². The van der Waals surface area contributed by atoms with Gasteiger partial charge >= 0.3 is 12.1 Å². The number of nitrogens with zero attached hydrogens (tertiary/aromatic N) is 2. The molecule has 36 heavy (non-hydrogen) atoms. The molecular formula is C28H31N3O5. The summed E-state index contributed by atoms with van der Waals surface area (Å²) < 4.78 is 13.0. The molecule has 2 aromatic carbocycles. The molecule has 1 fully saturated rings. The first-order valence-corrected chi connectivity index (χ1v) is 12.4. The van der Waals surface area contributed by atoms with Crippen LogP contribution in [0.15, 0.2) is 66.9 Å². The molecule has 2 aliphatic rings. The summed E-state index contributed by atoms with van der Waals surface area (Å²) in [5, 5.41) is 12.3. The minimum atomic E-state index is -1.09. The second-order valence-electron chi connectivity index (χ2n) is 9.21. The highest BCUT2D eigenvalue weighted by Crippen LogP contribution is 2.44. The van der Waals surface area contributed by atoms with Crippen LogP contribution in [0.5, 0.6) is 0 Å². The number of aromatic nitrogens is 1. The Morgan fingerprint density at radius 3 is 2.31 bits per heavy atom. The van der Waals surface area contributed by atoms with Crippen molar-refractivity contribution in [3.8, 4) is 11.1 Å². The quantitative estimate of drug-likeness (QED) is 0.479. The van der Waals surface area contributed by atoms with Gasteiger partial charge in [-0.1, -0.05) is 48.5 Å². The zero-order valence-corrected chi connectivity index (χ0v) is 20.1. The van der Waals surface area contributed by atoms with Gasteiger partial charge in [-0.25, -0.2) is 9.59 Å². The summed E-state index contributed by atoms with van der Waals surface area (Å²) in [5.41, 5.74) is 5.36. The van der Waals surface area contributed by atoms with E-state index in [4.69, 9.17) is 9.47 Å². The van der Waals surface area contributed by atoms with E-state index in [0.29, 0.717) is 0 Å². The van der Waals surface area contributed by atoms with Gasteiger partial charge in [-0.15, -0.1) is 0 Å². The SMILES string of the molecule is O=C(NC(Cc1cccn1CCN1CCOCC1)C(=O)O)OCC1c2ccccc2-c2ccccc21. The Balaban J connectivity index is 1.19. The number of fused-ring (bicyclic) bond motifs is 3. The molecule has 1 aliphatic heterocycles. The molecular weight excluding hydrogens is 458 g/mol. The van der Waals surface area contributed by atoms with Crippen LogP contribution >= 0.6 is 0 Å². The molecule has 0 radical (unpaired) electrons. The van der Waals surface area contributed by atoms with Crippen molar-refractivity contribution in [2.75, 3.05) is 39.5 Å². The molecule has 1 amide bonds. The van der Waals surface area contributed by atoms with E-state index in [-0.39, 0.29) is 18.9 Å². The largest absolute Gasteiger partial charge is 0.480 e. The van der Waals surface area contributed by atoms with E-state index in [1.54, 1.807) is 0 Å². The number of rotatable bonds is 9. The summed E-state index contributed by atoms with van der Waals surface area (Å²) in [4.78, 5) is 27.0. The summed E-state index contributed by atoms with van der Waals surface area (Å²) >= 11 is 0. The average molecular weight is 490 g/mol. The van der Waals surface area contributed by atoms with Gasteiger partial charge in [0.2, 0.25) is 0 Å². The van der Waals surface area contributed by atoms with Crippen LogP contribution in [-0.2, 0) is 27.2 Å². The van der Waals surface area contributed by atoms with E-state index >= 15 is 0 Å². The van der Waals surface area contributed by atoms with Crippen molar-refractivity contribution in [3.63, 3.8) is 0 Å². The van der Waals surface area contributed by atoms with E-state index in [0.717, 1.165) is 67.3 Å². The molecule has 0 spiro atoms. The molecule has 1 unspecified atom stereocenters. The van der Waals surface area contributed by atoms with Gasteiger partial charge in [0.25, 0.3) is 0 Å². The lowest BCUT2D eigenvalue weighted by Gasteiger charge is -2.27. The first-order valence-electron chi connectivity index (χ1n) is 12.4. The number of hydrogen-bond acceptors (Lipinski definition) is 5. The molecule has 1 atom stereocenters. The van der Waals surface area contributed by atoms with Crippen molar-refractivity contribution in [2.24, 2.45) is 0 Å². The number of benzene rings is 2. The minimum absolute atomic E-state index is 0.0798. The normalized spacial score (nSPS) is 16.2. The summed E-state index contributed by atoms with van der Waals surface area (Å²) in [5.74, 6) is -1.17. The third kappa shape index (κ3) is 5.29. The number of carboxylic acids is 1. The first-order chi connectivity index (χ1) is 17.6. The van der Waals surface area contributed by atoms with E-state index in [1.807, 2.05) is 59.3 Å². The highest BCUT2D eigenvalue weighted by molar-refractivity contribution is 5.81. The molecule has 5 rings (SSSR count). The maximum absolute atomic E-state index is 12.7. The first kappa shape index (κ1) is 24.1. The standard InChI is InChI=1S/C28H31N3O5/c32-27(33)26(18-20-6-5-11-31(20)13-12-30-14-16-35-17-15-30)29-28(34)36-19-25-23-9-3-1-7-21(23)22-8-2-4-10-24(22)25/h1-11,25-26H,12-19H2,(H,29,34)(H,32,33). The Morgan fingerprint density at radius 1 is 0.972 bits per heavy atom. The molecule has 8 nitrogen and oxygen atoms in total. The smallest absolute Gasteiger partial charge is 0.407 e. The van der Waals surface area contributed by atoms with Crippen molar-refractivity contribution < 1.29 is 24.2 Å². The number of aliphatic carboxylic acids is 1. The highest BCUT2D eigenvalue weighted by Gasteiger charge is 2.30. The predicted octanol–water partition coefficient (Wildman–Crippen LogP) is 3.35. The Kier molecular flexibility index (Phi) is 7.34. The fraction of sp³-hybridized carbons (Fsp3) is 0.357. The van der Waals surface area contributed by atoms with Gasteiger partial charge in [0, 0.05) is 50.4 Å². The third-order valence-electron chi connectivity index (χ3n) is 7.03. The lowest BCUT2D eigenvalue weighted by molar-refractivity contribution is -0.139. The maximum Gasteiger partial charge on any atom is 0.407 e. The number of carboxylic acid groups (broad SMARTS) is 1. The summed E-state index contributed by atoms with van der Waals surface area (Å²) in [6.07, 6.45) is 1.40.